The monoisotopic (exact) mass is 474 g/mol. The molecule has 0 aliphatic carbocycles. The smallest absolute Gasteiger partial charge is 0.170 e. The van der Waals surface area contributed by atoms with E-state index in [0.717, 1.165) is 106 Å². The fourth-order valence-corrected chi connectivity index (χ4v) is 4.89. The lowest BCUT2D eigenvalue weighted by Gasteiger charge is -2.14. The molecule has 3 aromatic heterocycles. The molecule has 0 amide bonds. The first-order valence-corrected chi connectivity index (χ1v) is 12.5. The lowest BCUT2D eigenvalue weighted by atomic mass is 10.1. The third-order valence-electron chi connectivity index (χ3n) is 6.82. The van der Waals surface area contributed by atoms with Crippen LogP contribution in [0.2, 0.25) is 0 Å². The zero-order valence-corrected chi connectivity index (χ0v) is 19.8. The number of benzene rings is 2. The number of hydrogen-bond donors (Lipinski definition) is 3. The van der Waals surface area contributed by atoms with Crippen LogP contribution in [0.15, 0.2) is 81.3 Å². The van der Waals surface area contributed by atoms with Gasteiger partial charge in [-0.25, -0.2) is 0 Å². The molecule has 3 N–H and O–H groups in total. The molecule has 7 heteroatoms. The Bertz CT molecular complexity index is 1590. The molecule has 0 fully saturated rings. The zero-order chi connectivity index (χ0) is 23.9. The van der Waals surface area contributed by atoms with Crippen LogP contribution in [0, 0.1) is 0 Å². The molecule has 0 saturated heterocycles. The van der Waals surface area contributed by atoms with E-state index in [9.17, 15) is 0 Å². The Kier molecular flexibility index (Phi) is 5.05. The van der Waals surface area contributed by atoms with Gasteiger partial charge in [-0.15, -0.1) is 0 Å². The molecule has 7 rings (SSSR count). The van der Waals surface area contributed by atoms with Gasteiger partial charge in [0.05, 0.1) is 11.4 Å². The molecule has 2 aliphatic heterocycles. The Hall–Kier alpha value is -4.39. The highest BCUT2D eigenvalue weighted by atomic mass is 16.3. The van der Waals surface area contributed by atoms with Crippen molar-refractivity contribution in [1.82, 2.24) is 20.6 Å². The van der Waals surface area contributed by atoms with Gasteiger partial charge < -0.3 is 20.0 Å². The van der Waals surface area contributed by atoms with Crippen molar-refractivity contribution in [2.75, 3.05) is 26.2 Å². The van der Waals surface area contributed by atoms with E-state index in [4.69, 9.17) is 9.40 Å². The number of amidine groups is 2. The second-order valence-electron chi connectivity index (χ2n) is 9.30. The molecule has 2 aromatic carbocycles. The number of fused-ring (bicyclic) bond motifs is 2. The van der Waals surface area contributed by atoms with E-state index in [-0.39, 0.29) is 0 Å². The van der Waals surface area contributed by atoms with Crippen molar-refractivity contribution in [2.24, 2.45) is 9.98 Å². The maximum absolute atomic E-state index is 6.12. The van der Waals surface area contributed by atoms with Gasteiger partial charge in [0.15, 0.2) is 11.6 Å². The summed E-state index contributed by atoms with van der Waals surface area (Å²) in [7, 11) is 0. The summed E-state index contributed by atoms with van der Waals surface area (Å²) in [4.78, 5) is 17.5. The van der Waals surface area contributed by atoms with Crippen LogP contribution in [0.1, 0.15) is 24.2 Å². The largest absolute Gasteiger partial charge is 0.453 e. The van der Waals surface area contributed by atoms with E-state index in [1.54, 1.807) is 0 Å². The number of nitrogens with zero attached hydrogens (tertiary/aromatic N) is 3. The summed E-state index contributed by atoms with van der Waals surface area (Å²) < 4.78 is 6.12. The Morgan fingerprint density at radius 1 is 0.694 bits per heavy atom. The number of nitrogens with one attached hydrogen (secondary N) is 3. The average Bonchev–Trinajstić information content (AvgIpc) is 3.58. The first-order chi connectivity index (χ1) is 17.8. The molecule has 5 aromatic rings. The van der Waals surface area contributed by atoms with Crippen molar-refractivity contribution >= 4 is 33.5 Å². The molecule has 178 valence electrons. The summed E-state index contributed by atoms with van der Waals surface area (Å²) in [6, 6.07) is 21.1. The molecule has 0 unspecified atom stereocenters. The van der Waals surface area contributed by atoms with Crippen LogP contribution < -0.4 is 10.6 Å². The van der Waals surface area contributed by atoms with E-state index in [1.807, 2.05) is 6.20 Å². The Labute approximate surface area is 208 Å². The fraction of sp³-hybridized carbons (Fsp3) is 0.207. The predicted molar refractivity (Wildman–Crippen MR) is 145 cm³/mol. The number of aromatic amines is 1. The molecule has 5 heterocycles. The highest BCUT2D eigenvalue weighted by Crippen LogP contribution is 2.29. The highest BCUT2D eigenvalue weighted by Gasteiger charge is 2.14. The van der Waals surface area contributed by atoms with Crippen LogP contribution in [-0.4, -0.2) is 47.8 Å². The predicted octanol–water partition coefficient (Wildman–Crippen LogP) is 5.12. The summed E-state index contributed by atoms with van der Waals surface area (Å²) in [5, 5.41) is 8.95. The van der Waals surface area contributed by atoms with E-state index in [0.29, 0.717) is 0 Å². The molecule has 7 nitrogen and oxygen atoms in total. The molecular formula is C29H26N6O. The average molecular weight is 475 g/mol. The molecule has 0 saturated carbocycles. The first-order valence-electron chi connectivity index (χ1n) is 12.5. The molecular weight excluding hydrogens is 448 g/mol. The maximum atomic E-state index is 6.12. The van der Waals surface area contributed by atoms with Gasteiger partial charge in [-0.1, -0.05) is 30.3 Å². The van der Waals surface area contributed by atoms with E-state index in [1.165, 1.54) is 0 Å². The Balaban J connectivity index is 1.16. The molecule has 0 spiro atoms. The van der Waals surface area contributed by atoms with Crippen molar-refractivity contribution in [3.05, 3.63) is 78.2 Å². The van der Waals surface area contributed by atoms with Crippen molar-refractivity contribution < 1.29 is 4.42 Å². The topological polar surface area (TPSA) is 90.6 Å². The van der Waals surface area contributed by atoms with Crippen molar-refractivity contribution in [2.45, 2.75) is 12.8 Å². The van der Waals surface area contributed by atoms with Crippen LogP contribution >= 0.6 is 0 Å². The molecule has 2 aliphatic rings. The van der Waals surface area contributed by atoms with Crippen molar-refractivity contribution in [3.8, 4) is 22.5 Å². The number of rotatable bonds is 4. The van der Waals surface area contributed by atoms with Gasteiger partial charge in [0.2, 0.25) is 0 Å². The van der Waals surface area contributed by atoms with Gasteiger partial charge in [0.25, 0.3) is 0 Å². The molecule has 0 bridgehead atoms. The minimum atomic E-state index is 0.795. The minimum absolute atomic E-state index is 0.795. The van der Waals surface area contributed by atoms with Crippen LogP contribution in [0.25, 0.3) is 44.4 Å². The summed E-state index contributed by atoms with van der Waals surface area (Å²) >= 11 is 0. The normalized spacial score (nSPS) is 15.9. The lowest BCUT2D eigenvalue weighted by Crippen LogP contribution is -2.30. The summed E-state index contributed by atoms with van der Waals surface area (Å²) in [5.74, 6) is 2.62. The number of furan rings is 1. The third kappa shape index (κ3) is 3.82. The standard InChI is InChI=1S/C29H26N6O/c1-9-30-28(31-10-1)21-6-4-19-13-25(35-24(19)14-21)23-8-7-22(17-34-23)18-3-5-20-16-27(36-26(20)15-18)29-32-11-2-12-33-29/h3-8,13-17,35H,1-2,9-12H2,(H,30,31)(H,32,33). The second kappa shape index (κ2) is 8.68. The molecule has 36 heavy (non-hydrogen) atoms. The van der Waals surface area contributed by atoms with Gasteiger partial charge in [-0.05, 0) is 48.7 Å². The highest BCUT2D eigenvalue weighted by molar-refractivity contribution is 6.02. The van der Waals surface area contributed by atoms with Crippen LogP contribution in [0.4, 0.5) is 0 Å². The summed E-state index contributed by atoms with van der Waals surface area (Å²) in [5.41, 5.74) is 7.08. The lowest BCUT2D eigenvalue weighted by molar-refractivity contribution is 0.592. The maximum Gasteiger partial charge on any atom is 0.170 e. The Morgan fingerprint density at radius 2 is 1.47 bits per heavy atom. The number of hydrogen-bond acceptors (Lipinski definition) is 6. The fourth-order valence-electron chi connectivity index (χ4n) is 4.89. The number of H-pyrrole nitrogens is 1. The third-order valence-corrected chi connectivity index (χ3v) is 6.82. The van der Waals surface area contributed by atoms with Gasteiger partial charge >= 0.3 is 0 Å². The van der Waals surface area contributed by atoms with Crippen LogP contribution in [-0.2, 0) is 0 Å². The van der Waals surface area contributed by atoms with E-state index in [2.05, 4.69) is 86.3 Å². The minimum Gasteiger partial charge on any atom is -0.453 e. The number of pyridine rings is 1. The van der Waals surface area contributed by atoms with Gasteiger partial charge in [-0.2, -0.15) is 0 Å². The summed E-state index contributed by atoms with van der Waals surface area (Å²) in [6.45, 7) is 3.63. The van der Waals surface area contributed by atoms with Crippen molar-refractivity contribution in [3.63, 3.8) is 0 Å². The SMILES string of the molecule is c1cc2cc(-c3ccc(-c4ccc5cc(C6=NCCCN6)oc5c4)cn3)[nH]c2cc1C1=NCCCN1. The summed E-state index contributed by atoms with van der Waals surface area (Å²) in [6.07, 6.45) is 4.07. The number of aromatic nitrogens is 2. The number of aliphatic imine (C=N–C) groups is 2. The van der Waals surface area contributed by atoms with Gasteiger partial charge in [-0.3, -0.25) is 15.0 Å². The zero-order valence-electron chi connectivity index (χ0n) is 19.8. The van der Waals surface area contributed by atoms with E-state index < -0.39 is 0 Å². The van der Waals surface area contributed by atoms with Crippen molar-refractivity contribution in [1.29, 1.82) is 0 Å². The first kappa shape index (κ1) is 20.9. The Morgan fingerprint density at radius 3 is 2.25 bits per heavy atom. The quantitative estimate of drug-likeness (QED) is 0.337. The second-order valence-corrected chi connectivity index (χ2v) is 9.30. The molecule has 0 radical (unpaired) electrons. The van der Waals surface area contributed by atoms with Gasteiger partial charge in [0.1, 0.15) is 11.4 Å². The van der Waals surface area contributed by atoms with Crippen LogP contribution in [0.5, 0.6) is 0 Å². The van der Waals surface area contributed by atoms with Gasteiger partial charge in [0, 0.05) is 59.8 Å². The van der Waals surface area contributed by atoms with Crippen LogP contribution in [0.3, 0.4) is 0 Å². The van der Waals surface area contributed by atoms with E-state index >= 15 is 0 Å². The molecule has 0 atom stereocenters.